The van der Waals surface area contributed by atoms with Crippen LogP contribution in [0.25, 0.3) is 0 Å². The van der Waals surface area contributed by atoms with Crippen LogP contribution in [-0.4, -0.2) is 21.8 Å². The van der Waals surface area contributed by atoms with Crippen molar-refractivity contribution in [3.63, 3.8) is 0 Å². The molecule has 1 aliphatic rings. The summed E-state index contributed by atoms with van der Waals surface area (Å²) in [6.45, 7) is 7.45. The van der Waals surface area contributed by atoms with Crippen LogP contribution in [-0.2, 0) is 10.8 Å². The first-order chi connectivity index (χ1) is 9.19. The van der Waals surface area contributed by atoms with E-state index >= 15 is 0 Å². The molecule has 1 aliphatic carbocycles. The van der Waals surface area contributed by atoms with Crippen LogP contribution in [0.1, 0.15) is 56.7 Å². The molecule has 0 radical (unpaired) electrons. The average Bonchev–Trinajstić information content (AvgIpc) is 2.45. The molecule has 1 aromatic carbocycles. The average molecular weight is 279 g/mol. The quantitative estimate of drug-likeness (QED) is 0.895. The molecular weight excluding hydrogens is 254 g/mol. The van der Waals surface area contributed by atoms with Crippen LogP contribution in [0.5, 0.6) is 0 Å². The van der Waals surface area contributed by atoms with Gasteiger partial charge >= 0.3 is 0 Å². The molecule has 0 saturated heterocycles. The Balaban J connectivity index is 2.35. The standard InChI is InChI=1S/C16H25NOS/c1-4-10-17-16-14-9-7-6-8-13(14)12(3)11-15(16)19(18)5-2/h6-9,12,15-17H,4-5,10-11H2,1-3H3. The summed E-state index contributed by atoms with van der Waals surface area (Å²) in [7, 11) is -0.737. The fraction of sp³-hybridized carbons (Fsp3) is 0.625. The topological polar surface area (TPSA) is 29.1 Å². The van der Waals surface area contributed by atoms with Crippen molar-refractivity contribution < 1.29 is 4.21 Å². The molecule has 0 spiro atoms. The lowest BCUT2D eigenvalue weighted by Gasteiger charge is -2.37. The number of fused-ring (bicyclic) bond motifs is 1. The van der Waals surface area contributed by atoms with Crippen LogP contribution in [0.4, 0.5) is 0 Å². The van der Waals surface area contributed by atoms with E-state index in [1.54, 1.807) is 0 Å². The molecule has 0 heterocycles. The van der Waals surface area contributed by atoms with Crippen molar-refractivity contribution in [1.29, 1.82) is 0 Å². The molecule has 0 amide bonds. The van der Waals surface area contributed by atoms with E-state index in [1.165, 1.54) is 11.1 Å². The van der Waals surface area contributed by atoms with E-state index in [-0.39, 0.29) is 11.3 Å². The third-order valence-electron chi connectivity index (χ3n) is 4.06. The molecule has 0 bridgehead atoms. The maximum absolute atomic E-state index is 12.4. The Labute approximate surface area is 119 Å². The van der Waals surface area contributed by atoms with Gasteiger partial charge in [-0.2, -0.15) is 0 Å². The molecule has 0 aliphatic heterocycles. The van der Waals surface area contributed by atoms with E-state index in [4.69, 9.17) is 0 Å². The first-order valence-electron chi connectivity index (χ1n) is 7.38. The van der Waals surface area contributed by atoms with Gasteiger partial charge in [0.15, 0.2) is 0 Å². The molecule has 4 unspecified atom stereocenters. The van der Waals surface area contributed by atoms with Crippen LogP contribution in [0.2, 0.25) is 0 Å². The fourth-order valence-corrected chi connectivity index (χ4v) is 4.55. The van der Waals surface area contributed by atoms with E-state index in [2.05, 4.69) is 43.4 Å². The van der Waals surface area contributed by atoms with Gasteiger partial charge < -0.3 is 5.32 Å². The van der Waals surface area contributed by atoms with Gasteiger partial charge in [0, 0.05) is 22.6 Å². The van der Waals surface area contributed by atoms with Crippen molar-refractivity contribution in [3.8, 4) is 0 Å². The fourth-order valence-electron chi connectivity index (χ4n) is 3.07. The van der Waals surface area contributed by atoms with E-state index in [1.807, 2.05) is 6.92 Å². The van der Waals surface area contributed by atoms with Gasteiger partial charge in [0.25, 0.3) is 0 Å². The van der Waals surface area contributed by atoms with Crippen molar-refractivity contribution in [2.75, 3.05) is 12.3 Å². The van der Waals surface area contributed by atoms with E-state index < -0.39 is 10.8 Å². The van der Waals surface area contributed by atoms with Gasteiger partial charge in [0.1, 0.15) is 0 Å². The van der Waals surface area contributed by atoms with E-state index in [0.29, 0.717) is 5.92 Å². The van der Waals surface area contributed by atoms with Crippen molar-refractivity contribution in [3.05, 3.63) is 35.4 Å². The zero-order valence-corrected chi connectivity index (χ0v) is 13.0. The summed E-state index contributed by atoms with van der Waals surface area (Å²) in [5, 5.41) is 3.87. The highest BCUT2D eigenvalue weighted by Gasteiger charge is 2.35. The number of hydrogen-bond acceptors (Lipinski definition) is 2. The minimum absolute atomic E-state index is 0.251. The van der Waals surface area contributed by atoms with Crippen LogP contribution in [0.3, 0.4) is 0 Å². The Bertz CT molecular complexity index is 446. The highest BCUT2D eigenvalue weighted by molar-refractivity contribution is 7.85. The predicted octanol–water partition coefficient (Wildman–Crippen LogP) is 3.37. The van der Waals surface area contributed by atoms with Crippen LogP contribution >= 0.6 is 0 Å². The molecule has 2 rings (SSSR count). The van der Waals surface area contributed by atoms with Crippen molar-refractivity contribution in [1.82, 2.24) is 5.32 Å². The molecule has 0 saturated carbocycles. The maximum atomic E-state index is 12.4. The van der Waals surface area contributed by atoms with Gasteiger partial charge in [0.2, 0.25) is 0 Å². The Hall–Kier alpha value is -0.670. The lowest BCUT2D eigenvalue weighted by atomic mass is 9.80. The molecule has 1 N–H and O–H groups in total. The number of rotatable bonds is 5. The van der Waals surface area contributed by atoms with Crippen molar-refractivity contribution in [2.24, 2.45) is 0 Å². The highest BCUT2D eigenvalue weighted by atomic mass is 32.2. The minimum Gasteiger partial charge on any atom is -0.309 e. The predicted molar refractivity (Wildman–Crippen MR) is 83.0 cm³/mol. The third-order valence-corrected chi connectivity index (χ3v) is 5.77. The van der Waals surface area contributed by atoms with Gasteiger partial charge in [-0.15, -0.1) is 0 Å². The van der Waals surface area contributed by atoms with Gasteiger partial charge in [-0.25, -0.2) is 0 Å². The largest absolute Gasteiger partial charge is 0.309 e. The lowest BCUT2D eigenvalue weighted by Crippen LogP contribution is -2.40. The Morgan fingerprint density at radius 1 is 1.26 bits per heavy atom. The monoisotopic (exact) mass is 279 g/mol. The lowest BCUT2D eigenvalue weighted by molar-refractivity contribution is 0.437. The zero-order chi connectivity index (χ0) is 13.8. The Morgan fingerprint density at radius 2 is 1.95 bits per heavy atom. The molecule has 0 fully saturated rings. The molecule has 2 nitrogen and oxygen atoms in total. The second-order valence-corrected chi connectivity index (χ2v) is 7.35. The number of nitrogens with one attached hydrogen (secondary N) is 1. The molecule has 0 aromatic heterocycles. The summed E-state index contributed by atoms with van der Waals surface area (Å²) in [5.74, 6) is 1.26. The first-order valence-corrected chi connectivity index (χ1v) is 8.76. The van der Waals surface area contributed by atoms with Crippen LogP contribution < -0.4 is 5.32 Å². The zero-order valence-electron chi connectivity index (χ0n) is 12.2. The molecule has 4 atom stereocenters. The summed E-state index contributed by atoms with van der Waals surface area (Å²) in [6.07, 6.45) is 2.14. The van der Waals surface area contributed by atoms with E-state index in [9.17, 15) is 4.21 Å². The second kappa shape index (κ2) is 6.67. The molecule has 19 heavy (non-hydrogen) atoms. The van der Waals surface area contributed by atoms with Gasteiger partial charge in [-0.3, -0.25) is 4.21 Å². The number of benzene rings is 1. The van der Waals surface area contributed by atoms with Gasteiger partial charge in [-0.05, 0) is 36.4 Å². The van der Waals surface area contributed by atoms with Gasteiger partial charge in [-0.1, -0.05) is 45.0 Å². The SMILES string of the molecule is CCCNC1c2ccccc2C(C)CC1S(=O)CC. The van der Waals surface area contributed by atoms with Crippen LogP contribution in [0.15, 0.2) is 24.3 Å². The number of hydrogen-bond donors (Lipinski definition) is 1. The van der Waals surface area contributed by atoms with Gasteiger partial charge in [0.05, 0.1) is 5.25 Å². The highest BCUT2D eigenvalue weighted by Crippen LogP contribution is 2.39. The smallest absolute Gasteiger partial charge is 0.0548 e. The Morgan fingerprint density at radius 3 is 2.58 bits per heavy atom. The molecule has 106 valence electrons. The summed E-state index contributed by atoms with van der Waals surface area (Å²) < 4.78 is 12.4. The summed E-state index contributed by atoms with van der Waals surface area (Å²) in [4.78, 5) is 0. The summed E-state index contributed by atoms with van der Waals surface area (Å²) in [6, 6.07) is 8.91. The van der Waals surface area contributed by atoms with E-state index in [0.717, 1.165) is 25.1 Å². The normalized spacial score (nSPS) is 27.8. The minimum atomic E-state index is -0.737. The Kier molecular flexibility index (Phi) is 5.17. The van der Waals surface area contributed by atoms with Crippen LogP contribution in [0, 0.1) is 0 Å². The summed E-state index contributed by atoms with van der Waals surface area (Å²) in [5.41, 5.74) is 2.79. The molecule has 1 aromatic rings. The van der Waals surface area contributed by atoms with Crippen molar-refractivity contribution in [2.45, 2.75) is 50.8 Å². The van der Waals surface area contributed by atoms with Crippen molar-refractivity contribution >= 4 is 10.8 Å². The second-order valence-electron chi connectivity index (χ2n) is 5.41. The first kappa shape index (κ1) is 14.7. The maximum Gasteiger partial charge on any atom is 0.0548 e. The molecule has 3 heteroatoms. The molecular formula is C16H25NOS. The summed E-state index contributed by atoms with van der Waals surface area (Å²) >= 11 is 0. The third kappa shape index (κ3) is 3.09.